The number of aryl methyl sites for hydroxylation is 1. The normalized spacial score (nSPS) is 19.6. The Balaban J connectivity index is 2.15. The average Bonchev–Trinajstić information content (AvgIpc) is 2.98. The second kappa shape index (κ2) is 7.27. The molecule has 0 amide bonds. The fraction of sp³-hybridized carbons (Fsp3) is 0.812. The van der Waals surface area contributed by atoms with Crippen LogP contribution in [0.1, 0.15) is 38.4 Å². The maximum absolute atomic E-state index is 9.28. The molecule has 21 heavy (non-hydrogen) atoms. The van der Waals surface area contributed by atoms with E-state index in [1.807, 2.05) is 11.6 Å². The van der Waals surface area contributed by atoms with Crippen LogP contribution in [-0.4, -0.2) is 46.1 Å². The van der Waals surface area contributed by atoms with Crippen molar-refractivity contribution in [3.63, 3.8) is 0 Å². The Hall–Kier alpha value is -1.07. The van der Waals surface area contributed by atoms with Crippen LogP contribution in [0.15, 0.2) is 0 Å². The van der Waals surface area contributed by atoms with Crippen LogP contribution < -0.4 is 4.74 Å². The first kappa shape index (κ1) is 16.3. The van der Waals surface area contributed by atoms with Crippen molar-refractivity contribution in [1.82, 2.24) is 14.7 Å². The minimum Gasteiger partial charge on any atom is -0.478 e. The van der Waals surface area contributed by atoms with Crippen molar-refractivity contribution < 1.29 is 9.84 Å². The molecule has 1 saturated heterocycles. The topological polar surface area (TPSA) is 50.5 Å². The summed E-state index contributed by atoms with van der Waals surface area (Å²) in [7, 11) is 0. The van der Waals surface area contributed by atoms with Crippen molar-refractivity contribution in [2.45, 2.75) is 47.2 Å². The third kappa shape index (κ3) is 3.98. The van der Waals surface area contributed by atoms with E-state index in [1.165, 1.54) is 5.56 Å². The molecule has 120 valence electrons. The van der Waals surface area contributed by atoms with E-state index in [-0.39, 0.29) is 0 Å². The van der Waals surface area contributed by atoms with Crippen LogP contribution >= 0.6 is 0 Å². The van der Waals surface area contributed by atoms with E-state index in [9.17, 15) is 5.11 Å². The van der Waals surface area contributed by atoms with Gasteiger partial charge in [-0.1, -0.05) is 13.8 Å². The molecule has 0 aliphatic carbocycles. The lowest BCUT2D eigenvalue weighted by Gasteiger charge is -2.17. The number of hydrogen-bond acceptors (Lipinski definition) is 4. The van der Waals surface area contributed by atoms with Gasteiger partial charge in [-0.2, -0.15) is 5.10 Å². The first-order chi connectivity index (χ1) is 10.0. The lowest BCUT2D eigenvalue weighted by molar-refractivity contribution is 0.218. The van der Waals surface area contributed by atoms with E-state index in [4.69, 9.17) is 4.74 Å². The largest absolute Gasteiger partial charge is 0.478 e. The molecule has 0 spiro atoms. The maximum atomic E-state index is 9.28. The summed E-state index contributed by atoms with van der Waals surface area (Å²) in [5.74, 6) is 1.89. The van der Waals surface area contributed by atoms with Gasteiger partial charge in [0, 0.05) is 26.2 Å². The summed E-state index contributed by atoms with van der Waals surface area (Å²) >= 11 is 0. The summed E-state index contributed by atoms with van der Waals surface area (Å²) in [6.45, 7) is 13.2. The monoisotopic (exact) mass is 295 g/mol. The second-order valence-corrected chi connectivity index (χ2v) is 6.45. The fourth-order valence-corrected chi connectivity index (χ4v) is 2.98. The molecule has 1 aliphatic heterocycles. The van der Waals surface area contributed by atoms with Crippen molar-refractivity contribution in [2.24, 2.45) is 11.8 Å². The number of aliphatic hydroxyl groups is 1. The van der Waals surface area contributed by atoms with E-state index < -0.39 is 0 Å². The van der Waals surface area contributed by atoms with E-state index in [1.54, 1.807) is 0 Å². The highest BCUT2D eigenvalue weighted by Crippen LogP contribution is 2.27. The van der Waals surface area contributed by atoms with Crippen LogP contribution in [-0.2, 0) is 13.1 Å². The van der Waals surface area contributed by atoms with E-state index in [0.29, 0.717) is 25.0 Å². The zero-order valence-electron chi connectivity index (χ0n) is 13.8. The van der Waals surface area contributed by atoms with Crippen molar-refractivity contribution >= 4 is 0 Å². The van der Waals surface area contributed by atoms with Gasteiger partial charge in [-0.25, -0.2) is 4.68 Å². The quantitative estimate of drug-likeness (QED) is 0.836. The predicted molar refractivity (Wildman–Crippen MR) is 83.4 cm³/mol. The number of ether oxygens (including phenoxy) is 1. The standard InChI is InChI=1S/C16H29N3O2/c1-5-21-16-15(10-18-7-6-14(9-18)11-20)13(4)17-19(16)8-12(2)3/h12,14,20H,5-11H2,1-4H3. The predicted octanol–water partition coefficient (Wildman–Crippen LogP) is 2.06. The first-order valence-corrected chi connectivity index (χ1v) is 8.07. The third-order valence-electron chi connectivity index (χ3n) is 4.03. The minimum atomic E-state index is 0.292. The lowest BCUT2D eigenvalue weighted by atomic mass is 10.1. The molecule has 1 aromatic heterocycles. The molecule has 0 bridgehead atoms. The van der Waals surface area contributed by atoms with Gasteiger partial charge in [0.1, 0.15) is 0 Å². The van der Waals surface area contributed by atoms with Crippen LogP contribution in [0.5, 0.6) is 5.88 Å². The first-order valence-electron chi connectivity index (χ1n) is 8.07. The molecule has 5 heteroatoms. The summed E-state index contributed by atoms with van der Waals surface area (Å²) in [5, 5.41) is 13.9. The molecular formula is C16H29N3O2. The molecular weight excluding hydrogens is 266 g/mol. The third-order valence-corrected chi connectivity index (χ3v) is 4.03. The summed E-state index contributed by atoms with van der Waals surface area (Å²) in [4.78, 5) is 2.40. The fourth-order valence-electron chi connectivity index (χ4n) is 2.98. The highest BCUT2D eigenvalue weighted by molar-refractivity contribution is 5.31. The van der Waals surface area contributed by atoms with Gasteiger partial charge in [0.25, 0.3) is 0 Å². The van der Waals surface area contributed by atoms with Crippen LogP contribution in [0, 0.1) is 18.8 Å². The zero-order chi connectivity index (χ0) is 15.4. The Kier molecular flexibility index (Phi) is 5.65. The Morgan fingerprint density at radius 3 is 2.76 bits per heavy atom. The van der Waals surface area contributed by atoms with Gasteiger partial charge in [0.15, 0.2) is 0 Å². The Labute approximate surface area is 127 Å². The number of rotatable bonds is 7. The van der Waals surface area contributed by atoms with Gasteiger partial charge in [-0.3, -0.25) is 4.90 Å². The Morgan fingerprint density at radius 2 is 2.19 bits per heavy atom. The van der Waals surface area contributed by atoms with Gasteiger partial charge in [-0.05, 0) is 38.6 Å². The number of nitrogens with zero attached hydrogens (tertiary/aromatic N) is 3. The minimum absolute atomic E-state index is 0.292. The molecule has 1 aromatic rings. The molecule has 0 aromatic carbocycles. The SMILES string of the molecule is CCOc1c(CN2CCC(CO)C2)c(C)nn1CC(C)C. The summed E-state index contributed by atoms with van der Waals surface area (Å²) < 4.78 is 7.89. The van der Waals surface area contributed by atoms with Gasteiger partial charge < -0.3 is 9.84 Å². The maximum Gasteiger partial charge on any atom is 0.216 e. The number of aromatic nitrogens is 2. The van der Waals surface area contributed by atoms with Crippen LogP contribution in [0.4, 0.5) is 0 Å². The van der Waals surface area contributed by atoms with Crippen molar-refractivity contribution in [2.75, 3.05) is 26.3 Å². The summed E-state index contributed by atoms with van der Waals surface area (Å²) in [6.07, 6.45) is 1.08. The summed E-state index contributed by atoms with van der Waals surface area (Å²) in [5.41, 5.74) is 2.27. The van der Waals surface area contributed by atoms with Crippen LogP contribution in [0.3, 0.4) is 0 Å². The lowest BCUT2D eigenvalue weighted by Crippen LogP contribution is -2.21. The molecule has 1 atom stereocenters. The zero-order valence-corrected chi connectivity index (χ0v) is 13.8. The van der Waals surface area contributed by atoms with Gasteiger partial charge >= 0.3 is 0 Å². The molecule has 5 nitrogen and oxygen atoms in total. The molecule has 1 unspecified atom stereocenters. The van der Waals surface area contributed by atoms with E-state index >= 15 is 0 Å². The molecule has 0 saturated carbocycles. The van der Waals surface area contributed by atoms with Crippen LogP contribution in [0.2, 0.25) is 0 Å². The molecule has 2 rings (SSSR count). The number of likely N-dealkylation sites (tertiary alicyclic amines) is 1. The smallest absolute Gasteiger partial charge is 0.216 e. The molecule has 1 fully saturated rings. The highest BCUT2D eigenvalue weighted by Gasteiger charge is 2.25. The van der Waals surface area contributed by atoms with Crippen molar-refractivity contribution in [3.8, 4) is 5.88 Å². The molecule has 1 N–H and O–H groups in total. The van der Waals surface area contributed by atoms with E-state index in [2.05, 4.69) is 30.8 Å². The molecule has 1 aliphatic rings. The van der Waals surface area contributed by atoms with Crippen LogP contribution in [0.25, 0.3) is 0 Å². The molecule has 0 radical (unpaired) electrons. The summed E-state index contributed by atoms with van der Waals surface area (Å²) in [6, 6.07) is 0. The Bertz CT molecular complexity index is 457. The van der Waals surface area contributed by atoms with Gasteiger partial charge in [0.05, 0.1) is 17.9 Å². The highest BCUT2D eigenvalue weighted by atomic mass is 16.5. The average molecular weight is 295 g/mol. The van der Waals surface area contributed by atoms with E-state index in [0.717, 1.165) is 44.2 Å². The molecule has 2 heterocycles. The van der Waals surface area contributed by atoms with Gasteiger partial charge in [-0.15, -0.1) is 0 Å². The Morgan fingerprint density at radius 1 is 1.43 bits per heavy atom. The van der Waals surface area contributed by atoms with Crippen molar-refractivity contribution in [3.05, 3.63) is 11.3 Å². The number of aliphatic hydroxyl groups excluding tert-OH is 1. The second-order valence-electron chi connectivity index (χ2n) is 6.45. The van der Waals surface area contributed by atoms with Gasteiger partial charge in [0.2, 0.25) is 5.88 Å². The van der Waals surface area contributed by atoms with Crippen molar-refractivity contribution in [1.29, 1.82) is 0 Å². The number of hydrogen-bond donors (Lipinski definition) is 1.